The van der Waals surface area contributed by atoms with E-state index in [2.05, 4.69) is 17.2 Å². The van der Waals surface area contributed by atoms with Crippen molar-refractivity contribution in [2.45, 2.75) is 37.3 Å². The molecule has 11 heteroatoms. The van der Waals surface area contributed by atoms with Crippen LogP contribution in [0.1, 0.15) is 53.2 Å². The molecule has 2 N–H and O–H groups in total. The van der Waals surface area contributed by atoms with Gasteiger partial charge in [0, 0.05) is 29.5 Å². The number of rotatable bonds is 8. The zero-order chi connectivity index (χ0) is 28.6. The van der Waals surface area contributed by atoms with E-state index in [4.69, 9.17) is 0 Å². The molecule has 2 amide bonds. The van der Waals surface area contributed by atoms with Crippen molar-refractivity contribution in [2.75, 3.05) is 5.32 Å². The number of hydrogen-bond donors (Lipinski definition) is 2. The Hall–Kier alpha value is -4.43. The summed E-state index contributed by atoms with van der Waals surface area (Å²) in [5.41, 5.74) is -1.58. The molecule has 202 valence electrons. The Balaban J connectivity index is 1.85. The fraction of sp³-hybridized carbons (Fsp3) is 0.179. The molecule has 0 aliphatic rings. The number of benzene rings is 3. The number of amides is 2. The highest BCUT2D eigenvalue weighted by Gasteiger charge is 2.34. The summed E-state index contributed by atoms with van der Waals surface area (Å²) in [5, 5.41) is 2.30. The van der Waals surface area contributed by atoms with Gasteiger partial charge >= 0.3 is 6.18 Å². The summed E-state index contributed by atoms with van der Waals surface area (Å²) in [6.07, 6.45) is -4.77. The molecule has 0 heterocycles. The molecule has 0 bridgehead atoms. The number of para-hydroxylation sites is 1. The highest BCUT2D eigenvalue weighted by Crippen LogP contribution is 2.33. The SMILES string of the molecule is CC(=O)CCCC(=O)NS(=O)(=O)c1ccccc1NC(=O)c1ccc(C#Cc2ccccc2)c(C(F)(F)F)c1. The normalized spacial score (nSPS) is 11.2. The molecule has 7 nitrogen and oxygen atoms in total. The van der Waals surface area contributed by atoms with Crippen molar-refractivity contribution in [1.82, 2.24) is 4.72 Å². The lowest BCUT2D eigenvalue weighted by Crippen LogP contribution is -2.31. The molecule has 0 atom stereocenters. The summed E-state index contributed by atoms with van der Waals surface area (Å²) in [6.45, 7) is 1.34. The number of halogens is 3. The molecule has 0 aliphatic heterocycles. The number of anilines is 1. The van der Waals surface area contributed by atoms with Crippen molar-refractivity contribution in [1.29, 1.82) is 0 Å². The van der Waals surface area contributed by atoms with E-state index in [0.717, 1.165) is 18.2 Å². The van der Waals surface area contributed by atoms with E-state index in [1.54, 1.807) is 30.3 Å². The first kappa shape index (κ1) is 29.1. The van der Waals surface area contributed by atoms with Gasteiger partial charge in [-0.3, -0.25) is 9.59 Å². The second kappa shape index (κ2) is 12.4. The number of hydrogen-bond acceptors (Lipinski definition) is 5. The summed E-state index contributed by atoms with van der Waals surface area (Å²) in [5.74, 6) is 3.13. The lowest BCUT2D eigenvalue weighted by molar-refractivity contribution is -0.137. The van der Waals surface area contributed by atoms with Gasteiger partial charge in [-0.15, -0.1) is 0 Å². The Morgan fingerprint density at radius 2 is 1.54 bits per heavy atom. The smallest absolute Gasteiger partial charge is 0.321 e. The maximum atomic E-state index is 13.8. The van der Waals surface area contributed by atoms with Gasteiger partial charge in [0.25, 0.3) is 15.9 Å². The molecule has 0 unspecified atom stereocenters. The van der Waals surface area contributed by atoms with Gasteiger partial charge in [0.05, 0.1) is 11.3 Å². The first-order chi connectivity index (χ1) is 18.4. The minimum Gasteiger partial charge on any atom is -0.321 e. The quantitative estimate of drug-likeness (QED) is 0.383. The predicted molar refractivity (Wildman–Crippen MR) is 138 cm³/mol. The minimum absolute atomic E-state index is 0.108. The standard InChI is InChI=1S/C28H23F3N2O5S/c1-19(34)8-7-13-26(35)33-39(37,38)25-12-6-5-11-24(25)32-27(36)22-17-16-21(23(18-22)28(29,30)31)15-14-20-9-3-2-4-10-20/h2-6,9-12,16-18H,7-8,13H2,1H3,(H,32,36)(H,33,35). The van der Waals surface area contributed by atoms with Crippen LogP contribution in [0.15, 0.2) is 77.7 Å². The molecule has 3 aromatic rings. The maximum absolute atomic E-state index is 13.8. The topological polar surface area (TPSA) is 109 Å². The lowest BCUT2D eigenvalue weighted by atomic mass is 10.0. The molecule has 0 aromatic heterocycles. The maximum Gasteiger partial charge on any atom is 0.417 e. The number of ketones is 1. The van der Waals surface area contributed by atoms with Crippen molar-refractivity contribution in [3.05, 3.63) is 95.1 Å². The fourth-order valence-electron chi connectivity index (χ4n) is 3.44. The van der Waals surface area contributed by atoms with Gasteiger partial charge in [0.15, 0.2) is 0 Å². The molecule has 0 saturated heterocycles. The van der Waals surface area contributed by atoms with Crippen LogP contribution in [0.4, 0.5) is 18.9 Å². The van der Waals surface area contributed by atoms with Gasteiger partial charge < -0.3 is 10.1 Å². The van der Waals surface area contributed by atoms with Crippen LogP contribution in [-0.4, -0.2) is 26.0 Å². The third-order valence-corrected chi connectivity index (χ3v) is 6.74. The molecule has 0 fully saturated rings. The van der Waals surface area contributed by atoms with Crippen LogP contribution in [0.2, 0.25) is 0 Å². The summed E-state index contributed by atoms with van der Waals surface area (Å²) in [7, 11) is -4.44. The number of sulfonamides is 1. The van der Waals surface area contributed by atoms with Crippen LogP contribution in [-0.2, 0) is 25.8 Å². The number of alkyl halides is 3. The highest BCUT2D eigenvalue weighted by atomic mass is 32.2. The van der Waals surface area contributed by atoms with Crippen molar-refractivity contribution in [3.8, 4) is 11.8 Å². The summed E-state index contributed by atoms with van der Waals surface area (Å²) >= 11 is 0. The van der Waals surface area contributed by atoms with Gasteiger partial charge in [-0.2, -0.15) is 13.2 Å². The molecule has 3 aromatic carbocycles. The molecule has 39 heavy (non-hydrogen) atoms. The average Bonchev–Trinajstić information content (AvgIpc) is 2.87. The molecule has 0 aliphatic carbocycles. The third kappa shape index (κ3) is 8.28. The zero-order valence-electron chi connectivity index (χ0n) is 20.6. The van der Waals surface area contributed by atoms with Crippen molar-refractivity contribution in [2.24, 2.45) is 0 Å². The van der Waals surface area contributed by atoms with Gasteiger partial charge in [-0.05, 0) is 55.8 Å². The number of nitrogens with one attached hydrogen (secondary N) is 2. The number of carbonyl (C=O) groups is 3. The van der Waals surface area contributed by atoms with E-state index in [-0.39, 0.29) is 41.9 Å². The van der Waals surface area contributed by atoms with E-state index in [1.807, 2.05) is 4.72 Å². The van der Waals surface area contributed by atoms with Gasteiger partial charge in [0.1, 0.15) is 10.7 Å². The Morgan fingerprint density at radius 3 is 2.21 bits per heavy atom. The van der Waals surface area contributed by atoms with Crippen molar-refractivity contribution in [3.63, 3.8) is 0 Å². The molecule has 0 spiro atoms. The number of Topliss-reactive ketones (excluding diaryl/α,β-unsaturated/α-hetero) is 1. The average molecular weight is 557 g/mol. The van der Waals surface area contributed by atoms with E-state index in [9.17, 15) is 36.0 Å². The van der Waals surface area contributed by atoms with Gasteiger partial charge in [0.2, 0.25) is 5.91 Å². The summed E-state index contributed by atoms with van der Waals surface area (Å²) < 4.78 is 68.8. The first-order valence-corrected chi connectivity index (χ1v) is 13.1. The van der Waals surface area contributed by atoms with Crippen molar-refractivity contribution < 1.29 is 36.0 Å². The van der Waals surface area contributed by atoms with E-state index in [1.165, 1.54) is 25.1 Å². The Morgan fingerprint density at radius 1 is 0.872 bits per heavy atom. The van der Waals surface area contributed by atoms with Crippen LogP contribution in [0, 0.1) is 11.8 Å². The predicted octanol–water partition coefficient (Wildman–Crippen LogP) is 4.92. The summed E-state index contributed by atoms with van der Waals surface area (Å²) in [4.78, 5) is 35.5. The molecule has 3 rings (SSSR count). The van der Waals surface area contributed by atoms with Crippen LogP contribution in [0.25, 0.3) is 0 Å². The Bertz CT molecular complexity index is 1560. The fourth-order valence-corrected chi connectivity index (χ4v) is 4.62. The molecule has 0 radical (unpaired) electrons. The highest BCUT2D eigenvalue weighted by molar-refractivity contribution is 7.90. The molecular formula is C28H23F3N2O5S. The minimum atomic E-state index is -4.81. The Labute approximate surface area is 223 Å². The van der Waals surface area contributed by atoms with E-state index < -0.39 is 38.5 Å². The monoisotopic (exact) mass is 556 g/mol. The van der Waals surface area contributed by atoms with E-state index in [0.29, 0.717) is 11.6 Å². The number of carbonyl (C=O) groups excluding carboxylic acids is 3. The zero-order valence-corrected chi connectivity index (χ0v) is 21.4. The lowest BCUT2D eigenvalue weighted by Gasteiger charge is -2.14. The summed E-state index contributed by atoms with van der Waals surface area (Å²) in [6, 6.07) is 16.4. The third-order valence-electron chi connectivity index (χ3n) is 5.31. The van der Waals surface area contributed by atoms with Crippen LogP contribution < -0.4 is 10.0 Å². The Kier molecular flexibility index (Phi) is 9.27. The van der Waals surface area contributed by atoms with Gasteiger partial charge in [-0.1, -0.05) is 42.2 Å². The first-order valence-electron chi connectivity index (χ1n) is 11.6. The van der Waals surface area contributed by atoms with Crippen LogP contribution in [0.5, 0.6) is 0 Å². The van der Waals surface area contributed by atoms with E-state index >= 15 is 0 Å². The largest absolute Gasteiger partial charge is 0.417 e. The molecular weight excluding hydrogens is 533 g/mol. The van der Waals surface area contributed by atoms with Gasteiger partial charge in [-0.25, -0.2) is 13.1 Å². The second-order valence-corrected chi connectivity index (χ2v) is 10.1. The second-order valence-electron chi connectivity index (χ2n) is 8.41. The molecule has 0 saturated carbocycles. The van der Waals surface area contributed by atoms with Crippen LogP contribution >= 0.6 is 0 Å². The van der Waals surface area contributed by atoms with Crippen LogP contribution in [0.3, 0.4) is 0 Å². The van der Waals surface area contributed by atoms with Crippen molar-refractivity contribution >= 4 is 33.3 Å².